The number of nitrogens with zero attached hydrogens (tertiary/aromatic N) is 1. The second kappa shape index (κ2) is 5.72. The highest BCUT2D eigenvalue weighted by Crippen LogP contribution is 2.26. The lowest BCUT2D eigenvalue weighted by atomic mass is 10.2. The molecule has 0 bridgehead atoms. The Morgan fingerprint density at radius 3 is 2.78 bits per heavy atom. The molecule has 0 aliphatic heterocycles. The third-order valence-corrected chi connectivity index (χ3v) is 3.53. The summed E-state index contributed by atoms with van der Waals surface area (Å²) in [5.41, 5.74) is 1.78. The van der Waals surface area contributed by atoms with Crippen LogP contribution in [0.4, 0.5) is 5.69 Å². The standard InChI is InChI=1S/C14H19ClN2O/c1-3-17(11-5-6-11)9-14(18)16-13-7-4-10(2)8-12(13)15/h4,7-8,11H,3,5-6,9H2,1-2H3,(H,16,18). The molecule has 1 aliphatic carbocycles. The number of aryl methyl sites for hydroxylation is 1. The number of benzene rings is 1. The topological polar surface area (TPSA) is 32.3 Å². The van der Waals surface area contributed by atoms with Crippen molar-refractivity contribution in [1.82, 2.24) is 4.90 Å². The zero-order valence-corrected chi connectivity index (χ0v) is 11.6. The molecule has 0 heterocycles. The minimum absolute atomic E-state index is 0.00880. The summed E-state index contributed by atoms with van der Waals surface area (Å²) >= 11 is 6.09. The normalized spacial score (nSPS) is 14.9. The van der Waals surface area contributed by atoms with Crippen LogP contribution in [0.2, 0.25) is 5.02 Å². The highest BCUT2D eigenvalue weighted by molar-refractivity contribution is 6.33. The lowest BCUT2D eigenvalue weighted by Crippen LogP contribution is -2.34. The molecule has 3 nitrogen and oxygen atoms in total. The van der Waals surface area contributed by atoms with Crippen molar-refractivity contribution < 1.29 is 4.79 Å². The highest BCUT2D eigenvalue weighted by atomic mass is 35.5. The van der Waals surface area contributed by atoms with Crippen LogP contribution in [-0.4, -0.2) is 29.9 Å². The van der Waals surface area contributed by atoms with Gasteiger partial charge in [-0.3, -0.25) is 9.69 Å². The Labute approximate surface area is 113 Å². The first-order valence-electron chi connectivity index (χ1n) is 6.40. The summed E-state index contributed by atoms with van der Waals surface area (Å²) in [6, 6.07) is 6.26. The molecule has 0 radical (unpaired) electrons. The van der Waals surface area contributed by atoms with E-state index < -0.39 is 0 Å². The first-order valence-corrected chi connectivity index (χ1v) is 6.78. The maximum absolute atomic E-state index is 11.9. The van der Waals surface area contributed by atoms with Crippen molar-refractivity contribution in [3.63, 3.8) is 0 Å². The van der Waals surface area contributed by atoms with Crippen molar-refractivity contribution in [2.45, 2.75) is 32.7 Å². The fourth-order valence-corrected chi connectivity index (χ4v) is 2.32. The lowest BCUT2D eigenvalue weighted by molar-refractivity contribution is -0.117. The van der Waals surface area contributed by atoms with E-state index in [2.05, 4.69) is 17.1 Å². The van der Waals surface area contributed by atoms with Gasteiger partial charge in [0.25, 0.3) is 0 Å². The van der Waals surface area contributed by atoms with Crippen molar-refractivity contribution in [3.8, 4) is 0 Å². The van der Waals surface area contributed by atoms with E-state index in [0.29, 0.717) is 23.3 Å². The largest absolute Gasteiger partial charge is 0.324 e. The third kappa shape index (κ3) is 3.47. The van der Waals surface area contributed by atoms with E-state index in [1.54, 1.807) is 0 Å². The minimum atomic E-state index is 0.00880. The summed E-state index contributed by atoms with van der Waals surface area (Å²) in [7, 11) is 0. The van der Waals surface area contributed by atoms with Crippen LogP contribution in [0.3, 0.4) is 0 Å². The molecule has 0 saturated heterocycles. The molecule has 4 heteroatoms. The van der Waals surface area contributed by atoms with E-state index in [1.807, 2.05) is 25.1 Å². The Morgan fingerprint density at radius 1 is 1.50 bits per heavy atom. The van der Waals surface area contributed by atoms with Crippen LogP contribution in [0, 0.1) is 6.92 Å². The molecule has 1 aliphatic rings. The fourth-order valence-electron chi connectivity index (χ4n) is 2.03. The first kappa shape index (κ1) is 13.4. The van der Waals surface area contributed by atoms with Gasteiger partial charge in [-0.1, -0.05) is 24.6 Å². The van der Waals surface area contributed by atoms with Crippen LogP contribution >= 0.6 is 11.6 Å². The predicted octanol–water partition coefficient (Wildman–Crippen LogP) is 3.07. The summed E-state index contributed by atoms with van der Waals surface area (Å²) < 4.78 is 0. The third-order valence-electron chi connectivity index (χ3n) is 3.21. The molecule has 1 aromatic carbocycles. The molecule has 0 unspecified atom stereocenters. The SMILES string of the molecule is CCN(CC(=O)Nc1ccc(C)cc1Cl)C1CC1. The fraction of sp³-hybridized carbons (Fsp3) is 0.500. The highest BCUT2D eigenvalue weighted by Gasteiger charge is 2.28. The Hall–Kier alpha value is -1.06. The lowest BCUT2D eigenvalue weighted by Gasteiger charge is -2.19. The molecule has 2 rings (SSSR count). The van der Waals surface area contributed by atoms with Gasteiger partial charge in [-0.05, 0) is 44.0 Å². The van der Waals surface area contributed by atoms with Crippen molar-refractivity contribution >= 4 is 23.2 Å². The summed E-state index contributed by atoms with van der Waals surface area (Å²) in [6.45, 7) is 5.43. The number of rotatable bonds is 5. The van der Waals surface area contributed by atoms with Crippen LogP contribution < -0.4 is 5.32 Å². The van der Waals surface area contributed by atoms with E-state index >= 15 is 0 Å². The average molecular weight is 267 g/mol. The average Bonchev–Trinajstić information content (AvgIpc) is 3.14. The molecule has 98 valence electrons. The molecule has 1 aromatic rings. The van der Waals surface area contributed by atoms with E-state index in [4.69, 9.17) is 11.6 Å². The van der Waals surface area contributed by atoms with E-state index in [1.165, 1.54) is 12.8 Å². The molecular weight excluding hydrogens is 248 g/mol. The number of carbonyl (C=O) groups excluding carboxylic acids is 1. The monoisotopic (exact) mass is 266 g/mol. The number of hydrogen-bond acceptors (Lipinski definition) is 2. The Morgan fingerprint density at radius 2 is 2.22 bits per heavy atom. The van der Waals surface area contributed by atoms with Gasteiger partial charge in [-0.2, -0.15) is 0 Å². The van der Waals surface area contributed by atoms with Gasteiger partial charge >= 0.3 is 0 Å². The second-order valence-corrected chi connectivity index (χ2v) is 5.23. The number of hydrogen-bond donors (Lipinski definition) is 1. The van der Waals surface area contributed by atoms with Crippen LogP contribution in [0.25, 0.3) is 0 Å². The van der Waals surface area contributed by atoms with Crippen molar-refractivity contribution in [3.05, 3.63) is 28.8 Å². The van der Waals surface area contributed by atoms with Crippen LogP contribution in [0.5, 0.6) is 0 Å². The van der Waals surface area contributed by atoms with Gasteiger partial charge in [0.05, 0.1) is 17.3 Å². The molecule has 18 heavy (non-hydrogen) atoms. The maximum Gasteiger partial charge on any atom is 0.238 e. The number of nitrogens with one attached hydrogen (secondary N) is 1. The van der Waals surface area contributed by atoms with Crippen molar-refractivity contribution in [2.75, 3.05) is 18.4 Å². The van der Waals surface area contributed by atoms with E-state index in [9.17, 15) is 4.79 Å². The predicted molar refractivity (Wildman–Crippen MR) is 75.1 cm³/mol. The van der Waals surface area contributed by atoms with Gasteiger partial charge in [0, 0.05) is 6.04 Å². The minimum Gasteiger partial charge on any atom is -0.324 e. The molecule has 0 atom stereocenters. The van der Waals surface area contributed by atoms with E-state index in [-0.39, 0.29) is 5.91 Å². The van der Waals surface area contributed by atoms with Crippen LogP contribution in [-0.2, 0) is 4.79 Å². The summed E-state index contributed by atoms with van der Waals surface area (Å²) in [5.74, 6) is 0.00880. The Balaban J connectivity index is 1.93. The van der Waals surface area contributed by atoms with Crippen molar-refractivity contribution in [2.24, 2.45) is 0 Å². The smallest absolute Gasteiger partial charge is 0.238 e. The molecule has 0 aromatic heterocycles. The van der Waals surface area contributed by atoms with Crippen LogP contribution in [0.1, 0.15) is 25.3 Å². The van der Waals surface area contributed by atoms with Crippen LogP contribution in [0.15, 0.2) is 18.2 Å². The number of anilines is 1. The number of halogens is 1. The van der Waals surface area contributed by atoms with Gasteiger partial charge in [0.2, 0.25) is 5.91 Å². The Bertz CT molecular complexity index is 443. The molecule has 1 saturated carbocycles. The number of likely N-dealkylation sites (N-methyl/N-ethyl adjacent to an activating group) is 1. The van der Waals surface area contributed by atoms with Crippen molar-refractivity contribution in [1.29, 1.82) is 0 Å². The Kier molecular flexibility index (Phi) is 4.25. The van der Waals surface area contributed by atoms with Gasteiger partial charge in [-0.15, -0.1) is 0 Å². The summed E-state index contributed by atoms with van der Waals surface area (Å²) in [5, 5.41) is 3.47. The number of amides is 1. The molecular formula is C14H19ClN2O. The molecule has 1 amide bonds. The quantitative estimate of drug-likeness (QED) is 0.888. The van der Waals surface area contributed by atoms with Gasteiger partial charge < -0.3 is 5.32 Å². The second-order valence-electron chi connectivity index (χ2n) is 4.83. The number of carbonyl (C=O) groups is 1. The van der Waals surface area contributed by atoms with Gasteiger partial charge in [-0.25, -0.2) is 0 Å². The summed E-state index contributed by atoms with van der Waals surface area (Å²) in [4.78, 5) is 14.1. The summed E-state index contributed by atoms with van der Waals surface area (Å²) in [6.07, 6.45) is 2.43. The molecule has 1 fully saturated rings. The molecule has 0 spiro atoms. The van der Waals surface area contributed by atoms with E-state index in [0.717, 1.165) is 12.1 Å². The maximum atomic E-state index is 11.9. The zero-order chi connectivity index (χ0) is 13.1. The van der Waals surface area contributed by atoms with Gasteiger partial charge in [0.1, 0.15) is 0 Å². The zero-order valence-electron chi connectivity index (χ0n) is 10.9. The first-order chi connectivity index (χ1) is 8.60. The molecule has 1 N–H and O–H groups in total. The van der Waals surface area contributed by atoms with Gasteiger partial charge in [0.15, 0.2) is 0 Å².